The first-order valence-corrected chi connectivity index (χ1v) is 9.29. The predicted molar refractivity (Wildman–Crippen MR) is 99.5 cm³/mol. The molecule has 0 saturated heterocycles. The molecule has 6 nitrogen and oxygen atoms in total. The van der Waals surface area contributed by atoms with Crippen LogP contribution in [0.15, 0.2) is 35.8 Å². The smallest absolute Gasteiger partial charge is 0.224 e. The Labute approximate surface area is 149 Å². The molecule has 7 heteroatoms. The van der Waals surface area contributed by atoms with Gasteiger partial charge in [-0.1, -0.05) is 12.5 Å². The lowest BCUT2D eigenvalue weighted by molar-refractivity contribution is -0.124. The van der Waals surface area contributed by atoms with Crippen LogP contribution in [0.5, 0.6) is 0 Å². The van der Waals surface area contributed by atoms with E-state index in [0.717, 1.165) is 41.0 Å². The minimum absolute atomic E-state index is 0.0213. The SMILES string of the molecule is CNC(=O)C1CCCC1Nc1nc(-c2ccccn2)nc2sccc12. The fourth-order valence-electron chi connectivity index (χ4n) is 3.38. The van der Waals surface area contributed by atoms with Crippen LogP contribution in [0.3, 0.4) is 0 Å². The van der Waals surface area contributed by atoms with Gasteiger partial charge in [0, 0.05) is 19.3 Å². The number of pyridine rings is 1. The molecule has 25 heavy (non-hydrogen) atoms. The van der Waals surface area contributed by atoms with Crippen molar-refractivity contribution in [3.05, 3.63) is 35.8 Å². The molecule has 3 aromatic heterocycles. The minimum atomic E-state index is -0.0213. The number of carbonyl (C=O) groups excluding carboxylic acids is 1. The van der Waals surface area contributed by atoms with Crippen LogP contribution in [0.4, 0.5) is 5.82 Å². The van der Waals surface area contributed by atoms with Crippen molar-refractivity contribution in [2.45, 2.75) is 25.3 Å². The molecular formula is C18H19N5OS. The second-order valence-corrected chi connectivity index (χ2v) is 7.05. The highest BCUT2D eigenvalue weighted by Crippen LogP contribution is 2.33. The number of anilines is 1. The molecule has 0 aromatic carbocycles. The summed E-state index contributed by atoms with van der Waals surface area (Å²) in [4.78, 5) is 26.8. The number of hydrogen-bond donors (Lipinski definition) is 2. The largest absolute Gasteiger partial charge is 0.366 e. The summed E-state index contributed by atoms with van der Waals surface area (Å²) in [6, 6.07) is 7.82. The van der Waals surface area contributed by atoms with Gasteiger partial charge in [-0.15, -0.1) is 11.3 Å². The Hall–Kier alpha value is -2.54. The van der Waals surface area contributed by atoms with Crippen LogP contribution in [0.25, 0.3) is 21.7 Å². The van der Waals surface area contributed by atoms with Gasteiger partial charge in [0.1, 0.15) is 16.3 Å². The Morgan fingerprint density at radius 1 is 1.24 bits per heavy atom. The fraction of sp³-hybridized carbons (Fsp3) is 0.333. The average molecular weight is 353 g/mol. The summed E-state index contributed by atoms with van der Waals surface area (Å²) in [5.74, 6) is 1.46. The van der Waals surface area contributed by atoms with Crippen molar-refractivity contribution >= 4 is 33.3 Å². The molecule has 2 atom stereocenters. The van der Waals surface area contributed by atoms with Crippen LogP contribution in [0.1, 0.15) is 19.3 Å². The number of nitrogens with one attached hydrogen (secondary N) is 2. The van der Waals surface area contributed by atoms with Crippen molar-refractivity contribution < 1.29 is 4.79 Å². The molecule has 2 N–H and O–H groups in total. The molecule has 0 radical (unpaired) electrons. The standard InChI is InChI=1S/C18H19N5OS/c1-19-17(24)11-5-4-7-13(11)21-15-12-8-10-25-18(12)23-16(22-15)14-6-2-3-9-20-14/h2-3,6,8-11,13H,4-5,7H2,1H3,(H,19,24)(H,21,22,23). The minimum Gasteiger partial charge on any atom is -0.366 e. The van der Waals surface area contributed by atoms with E-state index in [9.17, 15) is 4.79 Å². The quantitative estimate of drug-likeness (QED) is 0.753. The van der Waals surface area contributed by atoms with Crippen LogP contribution in [0, 0.1) is 5.92 Å². The molecule has 0 bridgehead atoms. The fourth-order valence-corrected chi connectivity index (χ4v) is 4.15. The first-order valence-electron chi connectivity index (χ1n) is 8.41. The molecule has 0 aliphatic heterocycles. The molecule has 2 unspecified atom stereocenters. The summed E-state index contributed by atoms with van der Waals surface area (Å²) in [7, 11) is 1.69. The van der Waals surface area contributed by atoms with Gasteiger partial charge in [-0.2, -0.15) is 0 Å². The number of hydrogen-bond acceptors (Lipinski definition) is 6. The van der Waals surface area contributed by atoms with Crippen molar-refractivity contribution in [1.82, 2.24) is 20.3 Å². The zero-order chi connectivity index (χ0) is 17.2. The highest BCUT2D eigenvalue weighted by Gasteiger charge is 2.33. The van der Waals surface area contributed by atoms with Gasteiger partial charge in [-0.05, 0) is 36.4 Å². The molecule has 4 rings (SSSR count). The summed E-state index contributed by atoms with van der Waals surface area (Å²) in [6.07, 6.45) is 4.65. The second-order valence-electron chi connectivity index (χ2n) is 6.15. The zero-order valence-electron chi connectivity index (χ0n) is 13.9. The molecule has 128 valence electrons. The van der Waals surface area contributed by atoms with Gasteiger partial charge >= 0.3 is 0 Å². The summed E-state index contributed by atoms with van der Waals surface area (Å²) >= 11 is 1.58. The van der Waals surface area contributed by atoms with E-state index < -0.39 is 0 Å². The van der Waals surface area contributed by atoms with Crippen LogP contribution in [-0.4, -0.2) is 33.9 Å². The van der Waals surface area contributed by atoms with Crippen molar-refractivity contribution in [3.63, 3.8) is 0 Å². The Balaban J connectivity index is 1.71. The van der Waals surface area contributed by atoms with E-state index in [4.69, 9.17) is 4.98 Å². The maximum Gasteiger partial charge on any atom is 0.224 e. The molecule has 1 saturated carbocycles. The Morgan fingerprint density at radius 3 is 2.96 bits per heavy atom. The van der Waals surface area contributed by atoms with Crippen molar-refractivity contribution in [3.8, 4) is 11.5 Å². The summed E-state index contributed by atoms with van der Waals surface area (Å²) < 4.78 is 0. The number of amides is 1. The van der Waals surface area contributed by atoms with Gasteiger partial charge in [-0.3, -0.25) is 9.78 Å². The number of fused-ring (bicyclic) bond motifs is 1. The second kappa shape index (κ2) is 6.76. The maximum atomic E-state index is 12.1. The van der Waals surface area contributed by atoms with Crippen molar-refractivity contribution in [1.29, 1.82) is 0 Å². The van der Waals surface area contributed by atoms with Gasteiger partial charge in [0.25, 0.3) is 0 Å². The summed E-state index contributed by atoms with van der Waals surface area (Å²) in [5, 5.41) is 9.29. The van der Waals surface area contributed by atoms with Crippen molar-refractivity contribution in [2.75, 3.05) is 12.4 Å². The molecule has 1 aliphatic rings. The monoisotopic (exact) mass is 353 g/mol. The first kappa shape index (κ1) is 16.0. The van der Waals surface area contributed by atoms with E-state index in [-0.39, 0.29) is 17.9 Å². The normalized spacial score (nSPS) is 19.9. The molecule has 1 fully saturated rings. The van der Waals surface area contributed by atoms with Crippen LogP contribution in [-0.2, 0) is 4.79 Å². The number of nitrogens with zero attached hydrogens (tertiary/aromatic N) is 3. The van der Waals surface area contributed by atoms with Crippen LogP contribution >= 0.6 is 11.3 Å². The third-order valence-corrected chi connectivity index (χ3v) is 5.45. The number of thiophene rings is 1. The van der Waals surface area contributed by atoms with Crippen LogP contribution in [0.2, 0.25) is 0 Å². The van der Waals surface area contributed by atoms with Gasteiger partial charge in [0.15, 0.2) is 5.82 Å². The lowest BCUT2D eigenvalue weighted by Gasteiger charge is -2.21. The number of carbonyl (C=O) groups is 1. The molecule has 1 amide bonds. The van der Waals surface area contributed by atoms with E-state index in [1.807, 2.05) is 29.6 Å². The topological polar surface area (TPSA) is 79.8 Å². The number of aromatic nitrogens is 3. The highest BCUT2D eigenvalue weighted by molar-refractivity contribution is 7.16. The predicted octanol–water partition coefficient (Wildman–Crippen LogP) is 3.08. The zero-order valence-corrected chi connectivity index (χ0v) is 14.7. The Morgan fingerprint density at radius 2 is 2.16 bits per heavy atom. The van der Waals surface area contributed by atoms with Crippen LogP contribution < -0.4 is 10.6 Å². The highest BCUT2D eigenvalue weighted by atomic mass is 32.1. The lowest BCUT2D eigenvalue weighted by Crippen LogP contribution is -2.36. The Bertz CT molecular complexity index is 895. The van der Waals surface area contributed by atoms with E-state index in [2.05, 4.69) is 20.6 Å². The van der Waals surface area contributed by atoms with Crippen molar-refractivity contribution in [2.24, 2.45) is 5.92 Å². The molecule has 0 spiro atoms. The summed E-state index contributed by atoms with van der Waals surface area (Å²) in [6.45, 7) is 0. The maximum absolute atomic E-state index is 12.1. The molecule has 1 aliphatic carbocycles. The molecular weight excluding hydrogens is 334 g/mol. The first-order chi connectivity index (χ1) is 12.3. The van der Waals surface area contributed by atoms with Gasteiger partial charge in [-0.25, -0.2) is 9.97 Å². The third-order valence-electron chi connectivity index (χ3n) is 4.64. The Kier molecular flexibility index (Phi) is 4.31. The van der Waals surface area contributed by atoms with Gasteiger partial charge in [0.05, 0.1) is 11.3 Å². The average Bonchev–Trinajstić information content (AvgIpc) is 3.31. The van der Waals surface area contributed by atoms with E-state index in [1.54, 1.807) is 24.6 Å². The summed E-state index contributed by atoms with van der Waals surface area (Å²) in [5.41, 5.74) is 0.745. The number of rotatable bonds is 4. The van der Waals surface area contributed by atoms with E-state index in [0.29, 0.717) is 5.82 Å². The lowest BCUT2D eigenvalue weighted by atomic mass is 10.0. The van der Waals surface area contributed by atoms with E-state index in [1.165, 1.54) is 0 Å². The molecule has 3 heterocycles. The third kappa shape index (κ3) is 3.07. The van der Waals surface area contributed by atoms with Gasteiger partial charge in [0.2, 0.25) is 5.91 Å². The molecule has 3 aromatic rings. The van der Waals surface area contributed by atoms with E-state index >= 15 is 0 Å². The van der Waals surface area contributed by atoms with Gasteiger partial charge < -0.3 is 10.6 Å².